The summed E-state index contributed by atoms with van der Waals surface area (Å²) in [6, 6.07) is 0. The van der Waals surface area contributed by atoms with Crippen LogP contribution in [-0.2, 0) is 14.5 Å². The van der Waals surface area contributed by atoms with Gasteiger partial charge in [0.15, 0.2) is 0 Å². The first-order valence-electron chi connectivity index (χ1n) is 10.7. The summed E-state index contributed by atoms with van der Waals surface area (Å²) < 4.78 is 25.6. The minimum absolute atomic E-state index is 0.220. The molecule has 0 saturated carbocycles. The summed E-state index contributed by atoms with van der Waals surface area (Å²) in [5, 5.41) is 4.76. The third kappa shape index (κ3) is 23.9. The first-order valence-corrected chi connectivity index (χ1v) is 12.2. The van der Waals surface area contributed by atoms with Gasteiger partial charge in [0.2, 0.25) is 0 Å². The minimum Gasteiger partial charge on any atom is -0.258 e. The van der Waals surface area contributed by atoms with E-state index in [-0.39, 0.29) is 6.61 Å². The Hall–Kier alpha value is -0.130. The maximum atomic E-state index is 10.6. The molecule has 0 aliphatic carbocycles. The molecule has 0 bridgehead atoms. The van der Waals surface area contributed by atoms with Crippen LogP contribution in [0.5, 0.6) is 0 Å². The lowest BCUT2D eigenvalue weighted by molar-refractivity contribution is 0.306. The molecule has 2 N–H and O–H groups in total. The van der Waals surface area contributed by atoms with E-state index in [0.717, 1.165) is 19.3 Å². The van der Waals surface area contributed by atoms with Crippen LogP contribution in [-0.4, -0.2) is 15.0 Å². The Morgan fingerprint density at radius 1 is 0.560 bits per heavy atom. The van der Waals surface area contributed by atoms with Crippen LogP contribution in [0.2, 0.25) is 0 Å². The summed E-state index contributed by atoms with van der Waals surface area (Å²) in [5.41, 5.74) is 0. The molecule has 0 saturated heterocycles. The largest absolute Gasteiger partial charge is 0.333 e. The first kappa shape index (κ1) is 24.9. The number of hydrogen-bond donors (Lipinski definition) is 1. The average Bonchev–Trinajstić information content (AvgIpc) is 2.56. The minimum atomic E-state index is -3.75. The van der Waals surface area contributed by atoms with Gasteiger partial charge in [0.1, 0.15) is 0 Å². The highest BCUT2D eigenvalue weighted by Gasteiger charge is 2.00. The van der Waals surface area contributed by atoms with Gasteiger partial charge in [-0.3, -0.25) is 4.18 Å². The molecule has 0 rings (SSSR count). The molecule has 0 unspecified atom stereocenters. The van der Waals surface area contributed by atoms with Crippen molar-refractivity contribution >= 4 is 10.3 Å². The van der Waals surface area contributed by atoms with E-state index in [1.807, 2.05) is 0 Å². The van der Waals surface area contributed by atoms with Gasteiger partial charge in [-0.15, -0.1) is 0 Å². The van der Waals surface area contributed by atoms with Crippen LogP contribution in [0.3, 0.4) is 0 Å². The monoisotopic (exact) mass is 377 g/mol. The molecule has 0 aromatic heterocycles. The van der Waals surface area contributed by atoms with Crippen LogP contribution in [0.4, 0.5) is 0 Å². The van der Waals surface area contributed by atoms with Gasteiger partial charge in [0.25, 0.3) is 0 Å². The van der Waals surface area contributed by atoms with Crippen molar-refractivity contribution in [2.24, 2.45) is 5.14 Å². The highest BCUT2D eigenvalue weighted by atomic mass is 32.2. The third-order valence-electron chi connectivity index (χ3n) is 4.75. The van der Waals surface area contributed by atoms with Gasteiger partial charge in [0.05, 0.1) is 6.61 Å². The summed E-state index contributed by atoms with van der Waals surface area (Å²) in [5.74, 6) is 0. The quantitative estimate of drug-likeness (QED) is 0.255. The fraction of sp³-hybridized carbons (Fsp3) is 1.00. The zero-order valence-corrected chi connectivity index (χ0v) is 17.5. The van der Waals surface area contributed by atoms with Crippen molar-refractivity contribution in [3.8, 4) is 0 Å². The molecule has 0 fully saturated rings. The van der Waals surface area contributed by atoms with Crippen molar-refractivity contribution in [3.63, 3.8) is 0 Å². The fourth-order valence-corrected chi connectivity index (χ4v) is 3.53. The van der Waals surface area contributed by atoms with E-state index in [0.29, 0.717) is 0 Å². The first-order chi connectivity index (χ1) is 12.1. The molecule has 25 heavy (non-hydrogen) atoms. The Kier molecular flexibility index (Phi) is 18.6. The molecule has 0 aliphatic rings. The molecule has 0 aliphatic heterocycles. The molecule has 0 atom stereocenters. The lowest BCUT2D eigenvalue weighted by Gasteiger charge is -2.04. The van der Waals surface area contributed by atoms with Crippen molar-refractivity contribution in [1.29, 1.82) is 0 Å². The molecule has 152 valence electrons. The van der Waals surface area contributed by atoms with Crippen molar-refractivity contribution in [3.05, 3.63) is 0 Å². The fourth-order valence-electron chi connectivity index (χ4n) is 3.18. The van der Waals surface area contributed by atoms with E-state index in [9.17, 15) is 8.42 Å². The Balaban J connectivity index is 3.03. The second-order valence-corrected chi connectivity index (χ2v) is 8.55. The topological polar surface area (TPSA) is 69.4 Å². The SMILES string of the molecule is CCCCCCCCCCCCCCCCCCCCOS(N)(=O)=O. The Bertz CT molecular complexity index is 358. The van der Waals surface area contributed by atoms with E-state index >= 15 is 0 Å². The molecular weight excluding hydrogens is 334 g/mol. The van der Waals surface area contributed by atoms with Crippen LogP contribution < -0.4 is 5.14 Å². The predicted octanol–water partition coefficient (Wildman–Crippen LogP) is 6.25. The van der Waals surface area contributed by atoms with Gasteiger partial charge < -0.3 is 0 Å². The van der Waals surface area contributed by atoms with Gasteiger partial charge >= 0.3 is 10.3 Å². The van der Waals surface area contributed by atoms with Crippen molar-refractivity contribution in [1.82, 2.24) is 0 Å². The van der Waals surface area contributed by atoms with Crippen LogP contribution >= 0.6 is 0 Å². The van der Waals surface area contributed by atoms with Gasteiger partial charge in [-0.05, 0) is 6.42 Å². The Morgan fingerprint density at radius 3 is 1.12 bits per heavy atom. The van der Waals surface area contributed by atoms with E-state index < -0.39 is 10.3 Å². The van der Waals surface area contributed by atoms with Crippen LogP contribution in [0, 0.1) is 0 Å². The predicted molar refractivity (Wildman–Crippen MR) is 108 cm³/mol. The van der Waals surface area contributed by atoms with Crippen molar-refractivity contribution in [2.45, 2.75) is 122 Å². The average molecular weight is 378 g/mol. The zero-order chi connectivity index (χ0) is 18.6. The summed E-state index contributed by atoms with van der Waals surface area (Å²) >= 11 is 0. The van der Waals surface area contributed by atoms with E-state index in [1.54, 1.807) is 0 Å². The Labute approximate surface area is 157 Å². The molecule has 0 spiro atoms. The Morgan fingerprint density at radius 2 is 0.840 bits per heavy atom. The highest BCUT2D eigenvalue weighted by Crippen LogP contribution is 2.14. The van der Waals surface area contributed by atoms with Gasteiger partial charge in [0, 0.05) is 0 Å². The summed E-state index contributed by atoms with van der Waals surface area (Å²) in [6.07, 6.45) is 23.8. The molecule has 0 radical (unpaired) electrons. The van der Waals surface area contributed by atoms with Gasteiger partial charge in [-0.1, -0.05) is 116 Å². The van der Waals surface area contributed by atoms with Crippen molar-refractivity contribution < 1.29 is 12.6 Å². The van der Waals surface area contributed by atoms with Crippen LogP contribution in [0.25, 0.3) is 0 Å². The summed E-state index contributed by atoms with van der Waals surface area (Å²) in [4.78, 5) is 0. The normalized spacial score (nSPS) is 11.9. The standard InChI is InChI=1S/C20H43NO3S/c1-2-3-4-5-6-7-8-9-10-11-12-13-14-15-16-17-18-19-20-24-25(21,22)23/h2-20H2,1H3,(H2,21,22,23). The third-order valence-corrected chi connectivity index (χ3v) is 5.24. The van der Waals surface area contributed by atoms with E-state index in [1.165, 1.54) is 96.3 Å². The molecule has 0 aromatic rings. The molecule has 5 heteroatoms. The van der Waals surface area contributed by atoms with Crippen LogP contribution in [0.15, 0.2) is 0 Å². The summed E-state index contributed by atoms with van der Waals surface area (Å²) in [6.45, 7) is 2.49. The molecule has 0 heterocycles. The summed E-state index contributed by atoms with van der Waals surface area (Å²) in [7, 11) is -3.75. The second kappa shape index (κ2) is 18.7. The maximum Gasteiger partial charge on any atom is 0.333 e. The second-order valence-electron chi connectivity index (χ2n) is 7.33. The zero-order valence-electron chi connectivity index (χ0n) is 16.6. The number of nitrogens with two attached hydrogens (primary N) is 1. The van der Waals surface area contributed by atoms with Gasteiger partial charge in [-0.2, -0.15) is 8.42 Å². The van der Waals surface area contributed by atoms with E-state index in [4.69, 9.17) is 5.14 Å². The maximum absolute atomic E-state index is 10.6. The number of rotatable bonds is 20. The molecule has 0 aromatic carbocycles. The molecule has 0 amide bonds. The lowest BCUT2D eigenvalue weighted by atomic mass is 10.0. The number of unbranched alkanes of at least 4 members (excludes halogenated alkanes) is 17. The highest BCUT2D eigenvalue weighted by molar-refractivity contribution is 7.84. The van der Waals surface area contributed by atoms with Crippen molar-refractivity contribution in [2.75, 3.05) is 6.61 Å². The lowest BCUT2D eigenvalue weighted by Crippen LogP contribution is -2.16. The number of hydrogen-bond acceptors (Lipinski definition) is 3. The smallest absolute Gasteiger partial charge is 0.258 e. The van der Waals surface area contributed by atoms with Crippen LogP contribution in [0.1, 0.15) is 122 Å². The molecule has 4 nitrogen and oxygen atoms in total. The van der Waals surface area contributed by atoms with E-state index in [2.05, 4.69) is 11.1 Å². The molecular formula is C20H43NO3S. The van der Waals surface area contributed by atoms with Gasteiger partial charge in [-0.25, -0.2) is 5.14 Å².